The highest BCUT2D eigenvalue weighted by Gasteiger charge is 2.06. The van der Waals surface area contributed by atoms with Gasteiger partial charge in [0.2, 0.25) is 0 Å². The van der Waals surface area contributed by atoms with Crippen LogP contribution in [0.1, 0.15) is 0 Å². The lowest BCUT2D eigenvalue weighted by molar-refractivity contribution is 1.40. The second kappa shape index (κ2) is 5.57. The zero-order chi connectivity index (χ0) is 13.2. The van der Waals surface area contributed by atoms with Crippen molar-refractivity contribution < 1.29 is 0 Å². The van der Waals surface area contributed by atoms with E-state index in [0.29, 0.717) is 0 Å². The fourth-order valence-electron chi connectivity index (χ4n) is 1.75. The molecule has 1 heterocycles. The van der Waals surface area contributed by atoms with Crippen molar-refractivity contribution in [1.82, 2.24) is 4.98 Å². The van der Waals surface area contributed by atoms with Gasteiger partial charge in [0, 0.05) is 25.5 Å². The van der Waals surface area contributed by atoms with Gasteiger partial charge in [-0.05, 0) is 24.3 Å². The molecule has 3 rings (SSSR count). The number of benzene rings is 2. The number of thiazole rings is 1. The first-order valence-electron chi connectivity index (χ1n) is 5.70. The SMILES string of the molecule is Brc1ccc(-c2csc(-c3ccc(Br)cc3)n2)cc1. The number of halogens is 2. The zero-order valence-electron chi connectivity index (χ0n) is 9.81. The molecule has 0 fully saturated rings. The molecule has 0 aliphatic heterocycles. The van der Waals surface area contributed by atoms with Crippen molar-refractivity contribution in [2.75, 3.05) is 0 Å². The van der Waals surface area contributed by atoms with Gasteiger partial charge in [-0.15, -0.1) is 11.3 Å². The third-order valence-electron chi connectivity index (χ3n) is 2.74. The van der Waals surface area contributed by atoms with E-state index >= 15 is 0 Å². The molecular formula is C15H9Br2NS. The third kappa shape index (κ3) is 2.96. The van der Waals surface area contributed by atoms with Gasteiger partial charge in [-0.25, -0.2) is 4.98 Å². The van der Waals surface area contributed by atoms with Gasteiger partial charge in [0.25, 0.3) is 0 Å². The van der Waals surface area contributed by atoms with Crippen LogP contribution in [0, 0.1) is 0 Å². The molecule has 0 radical (unpaired) electrons. The number of rotatable bonds is 2. The average molecular weight is 395 g/mol. The van der Waals surface area contributed by atoms with E-state index < -0.39 is 0 Å². The second-order valence-corrected chi connectivity index (χ2v) is 6.74. The summed E-state index contributed by atoms with van der Waals surface area (Å²) in [4.78, 5) is 4.70. The maximum atomic E-state index is 4.70. The van der Waals surface area contributed by atoms with E-state index in [4.69, 9.17) is 4.98 Å². The predicted molar refractivity (Wildman–Crippen MR) is 88.4 cm³/mol. The van der Waals surface area contributed by atoms with Gasteiger partial charge in [-0.3, -0.25) is 0 Å². The molecular weight excluding hydrogens is 386 g/mol. The maximum Gasteiger partial charge on any atom is 0.124 e. The van der Waals surface area contributed by atoms with E-state index in [1.807, 2.05) is 24.3 Å². The molecule has 0 N–H and O–H groups in total. The Bertz CT molecular complexity index is 627. The van der Waals surface area contributed by atoms with Crippen molar-refractivity contribution >= 4 is 43.2 Å². The summed E-state index contributed by atoms with van der Waals surface area (Å²) >= 11 is 8.56. The minimum atomic E-state index is 1.02. The number of hydrogen-bond donors (Lipinski definition) is 0. The van der Waals surface area contributed by atoms with E-state index in [1.165, 1.54) is 0 Å². The van der Waals surface area contributed by atoms with Crippen LogP contribution in [0.4, 0.5) is 0 Å². The monoisotopic (exact) mass is 393 g/mol. The molecule has 19 heavy (non-hydrogen) atoms. The van der Waals surface area contributed by atoms with E-state index in [0.717, 1.165) is 30.8 Å². The fraction of sp³-hybridized carbons (Fsp3) is 0. The minimum absolute atomic E-state index is 1.02. The Hall–Kier alpha value is -0.970. The van der Waals surface area contributed by atoms with Crippen molar-refractivity contribution in [3.8, 4) is 21.8 Å². The van der Waals surface area contributed by atoms with E-state index in [1.54, 1.807) is 11.3 Å². The van der Waals surface area contributed by atoms with Gasteiger partial charge in [-0.1, -0.05) is 56.1 Å². The summed E-state index contributed by atoms with van der Waals surface area (Å²) in [5.41, 5.74) is 3.31. The molecule has 0 atom stereocenters. The molecule has 0 saturated heterocycles. The first kappa shape index (κ1) is 13.0. The fourth-order valence-corrected chi connectivity index (χ4v) is 3.12. The molecule has 0 spiro atoms. The van der Waals surface area contributed by atoms with Gasteiger partial charge in [-0.2, -0.15) is 0 Å². The van der Waals surface area contributed by atoms with Crippen LogP contribution < -0.4 is 0 Å². The molecule has 0 aliphatic carbocycles. The zero-order valence-corrected chi connectivity index (χ0v) is 13.8. The van der Waals surface area contributed by atoms with Gasteiger partial charge in [0.15, 0.2) is 0 Å². The average Bonchev–Trinajstić information content (AvgIpc) is 2.90. The topological polar surface area (TPSA) is 12.9 Å². The summed E-state index contributed by atoms with van der Waals surface area (Å²) in [5.74, 6) is 0. The Morgan fingerprint density at radius 2 is 1.26 bits per heavy atom. The van der Waals surface area contributed by atoms with Gasteiger partial charge in [0.1, 0.15) is 5.01 Å². The highest BCUT2D eigenvalue weighted by Crippen LogP contribution is 2.30. The third-order valence-corrected chi connectivity index (χ3v) is 4.68. The van der Waals surface area contributed by atoms with Crippen LogP contribution in [-0.4, -0.2) is 4.98 Å². The summed E-state index contributed by atoms with van der Waals surface area (Å²) in [5, 5.41) is 3.14. The lowest BCUT2D eigenvalue weighted by Gasteiger charge is -1.97. The molecule has 2 aromatic carbocycles. The van der Waals surface area contributed by atoms with Gasteiger partial charge in [0.05, 0.1) is 5.69 Å². The summed E-state index contributed by atoms with van der Waals surface area (Å²) < 4.78 is 2.17. The first-order valence-corrected chi connectivity index (χ1v) is 8.16. The lowest BCUT2D eigenvalue weighted by atomic mass is 10.2. The summed E-state index contributed by atoms with van der Waals surface area (Å²) in [7, 11) is 0. The second-order valence-electron chi connectivity index (χ2n) is 4.05. The normalized spacial score (nSPS) is 10.6. The molecule has 0 aliphatic rings. The highest BCUT2D eigenvalue weighted by molar-refractivity contribution is 9.10. The molecule has 1 aromatic heterocycles. The van der Waals surface area contributed by atoms with Gasteiger partial charge >= 0.3 is 0 Å². The van der Waals surface area contributed by atoms with Gasteiger partial charge < -0.3 is 0 Å². The van der Waals surface area contributed by atoms with Crippen LogP contribution in [0.3, 0.4) is 0 Å². The van der Waals surface area contributed by atoms with Crippen LogP contribution >= 0.6 is 43.2 Å². The van der Waals surface area contributed by atoms with Crippen molar-refractivity contribution in [2.45, 2.75) is 0 Å². The quantitative estimate of drug-likeness (QED) is 0.519. The maximum absolute atomic E-state index is 4.70. The van der Waals surface area contributed by atoms with Crippen LogP contribution in [-0.2, 0) is 0 Å². The van der Waals surface area contributed by atoms with Crippen molar-refractivity contribution in [1.29, 1.82) is 0 Å². The number of hydrogen-bond acceptors (Lipinski definition) is 2. The summed E-state index contributed by atoms with van der Waals surface area (Å²) in [6, 6.07) is 16.4. The van der Waals surface area contributed by atoms with Crippen LogP contribution in [0.15, 0.2) is 62.9 Å². The Morgan fingerprint density at radius 1 is 0.737 bits per heavy atom. The Morgan fingerprint density at radius 3 is 1.84 bits per heavy atom. The highest BCUT2D eigenvalue weighted by atomic mass is 79.9. The molecule has 0 unspecified atom stereocenters. The Labute approximate surface area is 132 Å². The van der Waals surface area contributed by atoms with Crippen molar-refractivity contribution in [2.24, 2.45) is 0 Å². The summed E-state index contributed by atoms with van der Waals surface area (Å²) in [6.45, 7) is 0. The molecule has 0 saturated carbocycles. The lowest BCUT2D eigenvalue weighted by Crippen LogP contribution is -1.79. The van der Waals surface area contributed by atoms with E-state index in [9.17, 15) is 0 Å². The molecule has 0 bridgehead atoms. The van der Waals surface area contributed by atoms with Crippen molar-refractivity contribution in [3.63, 3.8) is 0 Å². The van der Waals surface area contributed by atoms with Crippen molar-refractivity contribution in [3.05, 3.63) is 62.9 Å². The molecule has 4 heteroatoms. The molecule has 0 amide bonds. The molecule has 1 nitrogen and oxygen atoms in total. The Balaban J connectivity index is 1.95. The molecule has 94 valence electrons. The van der Waals surface area contributed by atoms with Crippen LogP contribution in [0.2, 0.25) is 0 Å². The van der Waals surface area contributed by atoms with E-state index in [-0.39, 0.29) is 0 Å². The largest absolute Gasteiger partial charge is 0.236 e. The number of aromatic nitrogens is 1. The summed E-state index contributed by atoms with van der Waals surface area (Å²) in [6.07, 6.45) is 0. The Kier molecular flexibility index (Phi) is 3.82. The standard InChI is InChI=1S/C15H9Br2NS/c16-12-5-1-10(2-6-12)14-9-19-15(18-14)11-3-7-13(17)8-4-11/h1-9H. The van der Waals surface area contributed by atoms with Crippen LogP contribution in [0.5, 0.6) is 0 Å². The first-order chi connectivity index (χ1) is 9.22. The number of nitrogens with zero attached hydrogens (tertiary/aromatic N) is 1. The van der Waals surface area contributed by atoms with E-state index in [2.05, 4.69) is 61.5 Å². The predicted octanol–water partition coefficient (Wildman–Crippen LogP) is 6.00. The smallest absolute Gasteiger partial charge is 0.124 e. The van der Waals surface area contributed by atoms with Crippen LogP contribution in [0.25, 0.3) is 21.8 Å². The molecule has 3 aromatic rings. The minimum Gasteiger partial charge on any atom is -0.236 e.